The van der Waals surface area contributed by atoms with E-state index in [9.17, 15) is 4.79 Å². The summed E-state index contributed by atoms with van der Waals surface area (Å²) in [6, 6.07) is 15.5. The summed E-state index contributed by atoms with van der Waals surface area (Å²) in [4.78, 5) is 17.3. The Bertz CT molecular complexity index is 978. The zero-order valence-corrected chi connectivity index (χ0v) is 17.9. The molecule has 1 aromatic heterocycles. The first-order valence-corrected chi connectivity index (χ1v) is 11.2. The molecule has 0 spiro atoms. The molecule has 1 N–H and O–H groups in total. The molecule has 1 fully saturated rings. The number of hydrogen-bond acceptors (Lipinski definition) is 3. The van der Waals surface area contributed by atoms with Gasteiger partial charge in [-0.05, 0) is 55.7 Å². The van der Waals surface area contributed by atoms with Gasteiger partial charge in [-0.1, -0.05) is 43.0 Å². The Labute approximate surface area is 182 Å². The van der Waals surface area contributed by atoms with Crippen molar-refractivity contribution < 1.29 is 9.53 Å². The van der Waals surface area contributed by atoms with Gasteiger partial charge in [-0.25, -0.2) is 4.98 Å². The fourth-order valence-corrected chi connectivity index (χ4v) is 4.25. The molecule has 0 radical (unpaired) electrons. The molecule has 1 amide bonds. The number of carbonyl (C=O) groups excluding carboxylic acids is 1. The van der Waals surface area contributed by atoms with Crippen LogP contribution in [0.3, 0.4) is 0 Å². The highest BCUT2D eigenvalue weighted by atomic mass is 35.5. The Kier molecular flexibility index (Phi) is 6.90. The number of aryl methyl sites for hydroxylation is 1. The Morgan fingerprint density at radius 1 is 1.10 bits per heavy atom. The summed E-state index contributed by atoms with van der Waals surface area (Å²) in [5, 5.41) is 3.83. The second-order valence-corrected chi connectivity index (χ2v) is 8.31. The van der Waals surface area contributed by atoms with Crippen molar-refractivity contribution in [2.75, 3.05) is 6.61 Å². The third-order valence-electron chi connectivity index (χ3n) is 5.74. The van der Waals surface area contributed by atoms with E-state index >= 15 is 0 Å². The third-order valence-corrected chi connectivity index (χ3v) is 5.99. The topological polar surface area (TPSA) is 56.2 Å². The Balaban J connectivity index is 1.38. The van der Waals surface area contributed by atoms with Crippen molar-refractivity contribution >= 4 is 28.5 Å². The predicted molar refractivity (Wildman–Crippen MR) is 120 cm³/mol. The monoisotopic (exact) mass is 425 g/mol. The van der Waals surface area contributed by atoms with Gasteiger partial charge in [0.25, 0.3) is 0 Å². The molecular weight excluding hydrogens is 398 g/mol. The van der Waals surface area contributed by atoms with Crippen molar-refractivity contribution in [3.8, 4) is 5.75 Å². The van der Waals surface area contributed by atoms with E-state index in [0.717, 1.165) is 61.3 Å². The molecule has 1 saturated carbocycles. The highest BCUT2D eigenvalue weighted by molar-refractivity contribution is 6.30. The zero-order chi connectivity index (χ0) is 20.8. The lowest BCUT2D eigenvalue weighted by Crippen LogP contribution is -2.32. The number of benzene rings is 2. The number of carbonyl (C=O) groups is 1. The van der Waals surface area contributed by atoms with E-state index in [4.69, 9.17) is 21.3 Å². The molecular formula is C24H28ClN3O2. The van der Waals surface area contributed by atoms with Crippen LogP contribution < -0.4 is 10.1 Å². The lowest BCUT2D eigenvalue weighted by atomic mass is 9.89. The van der Waals surface area contributed by atoms with Crippen LogP contribution in [-0.2, 0) is 17.9 Å². The minimum absolute atomic E-state index is 0.157. The molecule has 5 nitrogen and oxygen atoms in total. The van der Waals surface area contributed by atoms with E-state index in [-0.39, 0.29) is 11.8 Å². The van der Waals surface area contributed by atoms with E-state index in [1.165, 1.54) is 6.42 Å². The first-order valence-electron chi connectivity index (χ1n) is 10.8. The van der Waals surface area contributed by atoms with Crippen LogP contribution >= 0.6 is 11.6 Å². The standard InChI is InChI=1S/C24H28ClN3O2/c25-19-11-13-20(14-12-19)30-16-6-15-28-22-10-5-4-9-21(22)27-23(28)17-26-24(29)18-7-2-1-3-8-18/h4-5,9-14,18H,1-3,6-8,15-17H2,(H,26,29). The van der Waals surface area contributed by atoms with Gasteiger partial charge in [-0.3, -0.25) is 4.79 Å². The number of amides is 1. The van der Waals surface area contributed by atoms with E-state index < -0.39 is 0 Å². The molecule has 1 aliphatic carbocycles. The zero-order valence-electron chi connectivity index (χ0n) is 17.1. The van der Waals surface area contributed by atoms with E-state index in [2.05, 4.69) is 16.0 Å². The number of rotatable bonds is 8. The first-order chi connectivity index (χ1) is 14.7. The molecule has 0 atom stereocenters. The van der Waals surface area contributed by atoms with Crippen LogP contribution in [0.2, 0.25) is 5.02 Å². The number of halogens is 1. The number of nitrogens with one attached hydrogen (secondary N) is 1. The average Bonchev–Trinajstić information content (AvgIpc) is 3.14. The minimum Gasteiger partial charge on any atom is -0.494 e. The Morgan fingerprint density at radius 2 is 1.87 bits per heavy atom. The molecule has 6 heteroatoms. The number of aromatic nitrogens is 2. The second kappa shape index (κ2) is 9.98. The molecule has 30 heavy (non-hydrogen) atoms. The van der Waals surface area contributed by atoms with Gasteiger partial charge in [-0.2, -0.15) is 0 Å². The van der Waals surface area contributed by atoms with E-state index in [1.807, 2.05) is 42.5 Å². The SMILES string of the molecule is O=C(NCc1nc2ccccc2n1CCCOc1ccc(Cl)cc1)C1CCCCC1. The summed E-state index contributed by atoms with van der Waals surface area (Å²) in [5.74, 6) is 2.03. The summed E-state index contributed by atoms with van der Waals surface area (Å²) >= 11 is 5.92. The van der Waals surface area contributed by atoms with Crippen LogP contribution in [0, 0.1) is 5.92 Å². The number of fused-ring (bicyclic) bond motifs is 1. The van der Waals surface area contributed by atoms with Gasteiger partial charge in [-0.15, -0.1) is 0 Å². The van der Waals surface area contributed by atoms with E-state index in [0.29, 0.717) is 18.2 Å². The van der Waals surface area contributed by atoms with Gasteiger partial charge in [0.05, 0.1) is 24.2 Å². The van der Waals surface area contributed by atoms with Gasteiger partial charge in [0.2, 0.25) is 5.91 Å². The van der Waals surface area contributed by atoms with Gasteiger partial charge < -0.3 is 14.6 Å². The normalized spacial score (nSPS) is 14.7. The van der Waals surface area contributed by atoms with Crippen LogP contribution in [0.1, 0.15) is 44.3 Å². The second-order valence-electron chi connectivity index (χ2n) is 7.88. The number of nitrogens with zero attached hydrogens (tertiary/aromatic N) is 2. The molecule has 0 saturated heterocycles. The fourth-order valence-electron chi connectivity index (χ4n) is 4.13. The van der Waals surface area contributed by atoms with Crippen molar-refractivity contribution in [3.63, 3.8) is 0 Å². The first kappa shape index (κ1) is 20.7. The molecule has 0 unspecified atom stereocenters. The van der Waals surface area contributed by atoms with Gasteiger partial charge in [0.15, 0.2) is 0 Å². The largest absolute Gasteiger partial charge is 0.494 e. The van der Waals surface area contributed by atoms with Crippen molar-refractivity contribution in [1.82, 2.24) is 14.9 Å². The summed E-state index contributed by atoms with van der Waals surface area (Å²) in [5.41, 5.74) is 2.05. The van der Waals surface area contributed by atoms with Crippen molar-refractivity contribution in [2.45, 2.75) is 51.6 Å². The Morgan fingerprint density at radius 3 is 2.67 bits per heavy atom. The lowest BCUT2D eigenvalue weighted by Gasteiger charge is -2.20. The van der Waals surface area contributed by atoms with Gasteiger partial charge >= 0.3 is 0 Å². The summed E-state index contributed by atoms with van der Waals surface area (Å²) in [6.07, 6.45) is 6.41. The van der Waals surface area contributed by atoms with Gasteiger partial charge in [0, 0.05) is 17.5 Å². The molecule has 0 aliphatic heterocycles. The highest BCUT2D eigenvalue weighted by Crippen LogP contribution is 2.24. The average molecular weight is 426 g/mol. The van der Waals surface area contributed by atoms with Crippen LogP contribution in [-0.4, -0.2) is 22.1 Å². The molecule has 3 aromatic rings. The maximum absolute atomic E-state index is 12.6. The molecule has 158 valence electrons. The van der Waals surface area contributed by atoms with Crippen LogP contribution in [0.15, 0.2) is 48.5 Å². The molecule has 0 bridgehead atoms. The number of para-hydroxylation sites is 2. The molecule has 4 rings (SSSR count). The smallest absolute Gasteiger partial charge is 0.223 e. The van der Waals surface area contributed by atoms with Crippen molar-refractivity contribution in [1.29, 1.82) is 0 Å². The van der Waals surface area contributed by atoms with Crippen molar-refractivity contribution in [3.05, 3.63) is 59.4 Å². The van der Waals surface area contributed by atoms with Crippen LogP contribution in [0.4, 0.5) is 0 Å². The maximum Gasteiger partial charge on any atom is 0.223 e. The molecule has 2 aromatic carbocycles. The number of ether oxygens (including phenoxy) is 1. The van der Waals surface area contributed by atoms with Crippen LogP contribution in [0.25, 0.3) is 11.0 Å². The highest BCUT2D eigenvalue weighted by Gasteiger charge is 2.21. The Hall–Kier alpha value is -2.53. The molecule has 1 aliphatic rings. The van der Waals surface area contributed by atoms with Gasteiger partial charge in [0.1, 0.15) is 11.6 Å². The lowest BCUT2D eigenvalue weighted by molar-refractivity contribution is -0.126. The maximum atomic E-state index is 12.6. The quantitative estimate of drug-likeness (QED) is 0.494. The third kappa shape index (κ3) is 5.14. The number of hydrogen-bond donors (Lipinski definition) is 1. The van der Waals surface area contributed by atoms with Crippen LogP contribution in [0.5, 0.6) is 5.75 Å². The van der Waals surface area contributed by atoms with Crippen molar-refractivity contribution in [2.24, 2.45) is 5.92 Å². The minimum atomic E-state index is 0.157. The summed E-state index contributed by atoms with van der Waals surface area (Å²) in [6.45, 7) is 1.84. The molecule has 1 heterocycles. The summed E-state index contributed by atoms with van der Waals surface area (Å²) in [7, 11) is 0. The number of imidazole rings is 1. The predicted octanol–water partition coefficient (Wildman–Crippen LogP) is 5.36. The van der Waals surface area contributed by atoms with E-state index in [1.54, 1.807) is 0 Å². The fraction of sp³-hybridized carbons (Fsp3) is 0.417. The summed E-state index contributed by atoms with van der Waals surface area (Å²) < 4.78 is 8.02.